The van der Waals surface area contributed by atoms with E-state index in [1.54, 1.807) is 0 Å². The zero-order valence-electron chi connectivity index (χ0n) is 16.5. The lowest BCUT2D eigenvalue weighted by molar-refractivity contribution is -0.109. The zero-order valence-corrected chi connectivity index (χ0v) is 16.5. The first kappa shape index (κ1) is 20.3. The Labute approximate surface area is 162 Å². The number of hydrogen-bond acceptors (Lipinski definition) is 4. The summed E-state index contributed by atoms with van der Waals surface area (Å²) >= 11 is 0. The van der Waals surface area contributed by atoms with Crippen LogP contribution >= 0.6 is 0 Å². The third-order valence-corrected chi connectivity index (χ3v) is 6.63. The molecule has 4 nitrogen and oxygen atoms in total. The number of fused-ring (bicyclic) bond motifs is 2. The largest absolute Gasteiger partial charge is 0.486 e. The number of ether oxygens (including phenoxy) is 1. The van der Waals surface area contributed by atoms with Gasteiger partial charge in [0, 0.05) is 0 Å². The molecule has 2 aliphatic rings. The lowest BCUT2D eigenvalue weighted by Crippen LogP contribution is -2.28. The summed E-state index contributed by atoms with van der Waals surface area (Å²) in [7, 11) is 0. The van der Waals surface area contributed by atoms with Gasteiger partial charge in [0.2, 0.25) is 0 Å². The van der Waals surface area contributed by atoms with Gasteiger partial charge in [-0.2, -0.15) is 0 Å². The maximum atomic E-state index is 10.7. The Bertz CT molecular complexity index is 614. The minimum Gasteiger partial charge on any atom is -0.486 e. The number of benzene rings is 1. The van der Waals surface area contributed by atoms with Crippen LogP contribution in [0.25, 0.3) is 0 Å². The maximum absolute atomic E-state index is 10.7. The van der Waals surface area contributed by atoms with Gasteiger partial charge in [-0.25, -0.2) is 0 Å². The van der Waals surface area contributed by atoms with E-state index in [0.29, 0.717) is 11.8 Å². The first-order valence-corrected chi connectivity index (χ1v) is 10.7. The monoisotopic (exact) mass is 374 g/mol. The van der Waals surface area contributed by atoms with Crippen molar-refractivity contribution in [2.45, 2.75) is 76.9 Å². The molecule has 0 heterocycles. The van der Waals surface area contributed by atoms with Crippen LogP contribution in [0.1, 0.15) is 63.0 Å². The van der Waals surface area contributed by atoms with Crippen molar-refractivity contribution in [2.24, 2.45) is 17.8 Å². The first-order chi connectivity index (χ1) is 13.1. The molecule has 0 radical (unpaired) electrons. The van der Waals surface area contributed by atoms with E-state index in [1.165, 1.54) is 24.0 Å². The van der Waals surface area contributed by atoms with Gasteiger partial charge < -0.3 is 14.9 Å². The highest BCUT2D eigenvalue weighted by atomic mass is 16.5. The molecule has 1 aromatic rings. The Hall–Kier alpha value is -1.39. The van der Waals surface area contributed by atoms with Crippen LogP contribution in [0.2, 0.25) is 0 Å². The van der Waals surface area contributed by atoms with E-state index < -0.39 is 0 Å². The van der Waals surface area contributed by atoms with Crippen LogP contribution in [0, 0.1) is 17.8 Å². The molecule has 2 aliphatic carbocycles. The number of aliphatic hydroxyl groups excluding tert-OH is 2. The fraction of sp³-hybridized carbons (Fsp3) is 0.696. The number of hydrogen-bond donors (Lipinski definition) is 2. The van der Waals surface area contributed by atoms with Crippen molar-refractivity contribution in [3.05, 3.63) is 29.3 Å². The molecular formula is C23H34O4. The van der Waals surface area contributed by atoms with E-state index in [9.17, 15) is 15.0 Å². The second-order valence-corrected chi connectivity index (χ2v) is 8.40. The summed E-state index contributed by atoms with van der Waals surface area (Å²) in [5, 5.41) is 20.9. The lowest BCUT2D eigenvalue weighted by atomic mass is 9.73. The highest BCUT2D eigenvalue weighted by Crippen LogP contribution is 2.48. The van der Waals surface area contributed by atoms with E-state index in [1.807, 2.05) is 12.1 Å². The molecule has 0 spiro atoms. The van der Waals surface area contributed by atoms with Gasteiger partial charge in [-0.1, -0.05) is 38.3 Å². The molecule has 4 heteroatoms. The summed E-state index contributed by atoms with van der Waals surface area (Å²) in [6.45, 7) is 2.27. The molecule has 3 rings (SSSR count). The predicted octanol–water partition coefficient (Wildman–Crippen LogP) is 3.70. The van der Waals surface area contributed by atoms with Gasteiger partial charge in [-0.05, 0) is 73.5 Å². The Morgan fingerprint density at radius 3 is 2.89 bits per heavy atom. The zero-order chi connectivity index (χ0) is 19.2. The van der Waals surface area contributed by atoms with Crippen LogP contribution in [0.4, 0.5) is 0 Å². The van der Waals surface area contributed by atoms with Crippen molar-refractivity contribution >= 4 is 6.29 Å². The number of aliphatic hydroxyl groups is 2. The number of carbonyl (C=O) groups excluding carboxylic acids is 1. The van der Waals surface area contributed by atoms with Crippen molar-refractivity contribution in [3.8, 4) is 5.75 Å². The molecule has 27 heavy (non-hydrogen) atoms. The lowest BCUT2D eigenvalue weighted by Gasteiger charge is -2.32. The van der Waals surface area contributed by atoms with Crippen molar-refractivity contribution in [2.75, 3.05) is 6.61 Å². The summed E-state index contributed by atoms with van der Waals surface area (Å²) in [6.07, 6.45) is 9.03. The van der Waals surface area contributed by atoms with Crippen molar-refractivity contribution in [1.82, 2.24) is 0 Å². The molecule has 0 unspecified atom stereocenters. The van der Waals surface area contributed by atoms with Crippen LogP contribution in [-0.2, 0) is 17.6 Å². The second-order valence-electron chi connectivity index (χ2n) is 8.40. The minimum absolute atomic E-state index is 0.0890. The SMILES string of the molecule is CCCCC[C@@H](O)CC[C@@H]1[C@H]2Cc3cccc(OCC=O)c3C[C@H]2C[C@H]1O. The van der Waals surface area contributed by atoms with Crippen LogP contribution in [0.3, 0.4) is 0 Å². The van der Waals surface area contributed by atoms with E-state index in [2.05, 4.69) is 13.0 Å². The Morgan fingerprint density at radius 1 is 1.26 bits per heavy atom. The van der Waals surface area contributed by atoms with E-state index in [-0.39, 0.29) is 24.7 Å². The van der Waals surface area contributed by atoms with Crippen LogP contribution in [0.5, 0.6) is 5.75 Å². The predicted molar refractivity (Wildman–Crippen MR) is 106 cm³/mol. The van der Waals surface area contributed by atoms with Gasteiger partial charge in [0.25, 0.3) is 0 Å². The van der Waals surface area contributed by atoms with E-state index in [0.717, 1.165) is 57.0 Å². The number of aldehydes is 1. The second kappa shape index (κ2) is 9.70. The molecule has 2 N–H and O–H groups in total. The summed E-state index contributed by atoms with van der Waals surface area (Å²) in [6, 6.07) is 6.09. The number of unbranched alkanes of at least 4 members (excludes halogenated alkanes) is 2. The summed E-state index contributed by atoms with van der Waals surface area (Å²) in [4.78, 5) is 10.6. The van der Waals surface area contributed by atoms with Crippen molar-refractivity contribution in [3.63, 3.8) is 0 Å². The fourth-order valence-corrected chi connectivity index (χ4v) is 5.22. The van der Waals surface area contributed by atoms with Crippen molar-refractivity contribution < 1.29 is 19.7 Å². The Kier molecular flexibility index (Phi) is 7.31. The molecule has 0 saturated heterocycles. The van der Waals surface area contributed by atoms with Gasteiger partial charge in [-0.15, -0.1) is 0 Å². The minimum atomic E-state index is -0.267. The molecule has 1 aromatic carbocycles. The number of carbonyl (C=O) groups is 1. The van der Waals surface area contributed by atoms with E-state index in [4.69, 9.17) is 4.74 Å². The standard InChI is InChI=1S/C23H34O4/c1-2-3-4-7-18(25)9-10-19-20-13-16-6-5-8-23(27-12-11-24)21(16)14-17(20)15-22(19)26/h5-6,8,11,17-20,22,25-26H,2-4,7,9-10,12-15H2,1H3/t17-,18+,19+,20-,22+/m0/s1. The van der Waals surface area contributed by atoms with E-state index >= 15 is 0 Å². The third-order valence-electron chi connectivity index (χ3n) is 6.63. The summed E-state index contributed by atoms with van der Waals surface area (Å²) in [5.41, 5.74) is 2.51. The van der Waals surface area contributed by atoms with Crippen LogP contribution in [0.15, 0.2) is 18.2 Å². The average Bonchev–Trinajstić information content (AvgIpc) is 2.97. The molecule has 150 valence electrons. The van der Waals surface area contributed by atoms with Crippen LogP contribution < -0.4 is 4.74 Å². The summed E-state index contributed by atoms with van der Waals surface area (Å²) < 4.78 is 5.62. The molecule has 0 aromatic heterocycles. The molecular weight excluding hydrogens is 340 g/mol. The fourth-order valence-electron chi connectivity index (χ4n) is 5.22. The van der Waals surface area contributed by atoms with Gasteiger partial charge in [0.1, 0.15) is 12.4 Å². The molecule has 1 fully saturated rings. The third kappa shape index (κ3) is 4.91. The maximum Gasteiger partial charge on any atom is 0.157 e. The highest BCUT2D eigenvalue weighted by molar-refractivity contribution is 5.52. The Balaban J connectivity index is 1.62. The molecule has 0 aliphatic heterocycles. The highest BCUT2D eigenvalue weighted by Gasteiger charge is 2.44. The molecule has 5 atom stereocenters. The number of rotatable bonds is 10. The van der Waals surface area contributed by atoms with Crippen LogP contribution in [-0.4, -0.2) is 35.3 Å². The summed E-state index contributed by atoms with van der Waals surface area (Å²) in [5.74, 6) is 2.05. The quantitative estimate of drug-likeness (QED) is 0.484. The average molecular weight is 375 g/mol. The van der Waals surface area contributed by atoms with Crippen molar-refractivity contribution in [1.29, 1.82) is 0 Å². The molecule has 0 amide bonds. The normalized spacial score (nSPS) is 27.7. The topological polar surface area (TPSA) is 66.8 Å². The smallest absolute Gasteiger partial charge is 0.157 e. The molecule has 1 saturated carbocycles. The molecule has 0 bridgehead atoms. The van der Waals surface area contributed by atoms with Gasteiger partial charge in [0.15, 0.2) is 6.29 Å². The van der Waals surface area contributed by atoms with Gasteiger partial charge in [-0.3, -0.25) is 4.79 Å². The Morgan fingerprint density at radius 2 is 2.11 bits per heavy atom. The first-order valence-electron chi connectivity index (χ1n) is 10.7. The van der Waals surface area contributed by atoms with Gasteiger partial charge >= 0.3 is 0 Å². The van der Waals surface area contributed by atoms with Gasteiger partial charge in [0.05, 0.1) is 12.2 Å².